The van der Waals surface area contributed by atoms with Gasteiger partial charge in [0, 0.05) is 18.5 Å². The second-order valence-corrected chi connectivity index (χ2v) is 2.75. The molecule has 1 unspecified atom stereocenters. The summed E-state index contributed by atoms with van der Waals surface area (Å²) < 4.78 is 0. The zero-order valence-electron chi connectivity index (χ0n) is 7.37. The molecule has 0 spiro atoms. The van der Waals surface area contributed by atoms with Crippen molar-refractivity contribution in [3.63, 3.8) is 0 Å². The quantitative estimate of drug-likeness (QED) is 0.664. The molecule has 0 aliphatic carbocycles. The van der Waals surface area contributed by atoms with Gasteiger partial charge in [0.2, 0.25) is 0 Å². The second kappa shape index (κ2) is 4.31. The summed E-state index contributed by atoms with van der Waals surface area (Å²) in [7, 11) is 0. The zero-order chi connectivity index (χ0) is 9.68. The number of anilines is 1. The third-order valence-corrected chi connectivity index (χ3v) is 1.50. The predicted molar refractivity (Wildman–Crippen MR) is 51.4 cm³/mol. The smallest absolute Gasteiger partial charge is 0.252 e. The average Bonchev–Trinajstić information content (AvgIpc) is 2.04. The molecule has 0 bridgehead atoms. The molecule has 1 aromatic heterocycles. The Hall–Kier alpha value is -1.76. The summed E-state index contributed by atoms with van der Waals surface area (Å²) in [5.74, 6) is 3.07. The van der Waals surface area contributed by atoms with Crippen LogP contribution in [-0.4, -0.2) is 16.0 Å². The highest BCUT2D eigenvalue weighted by molar-refractivity contribution is 5.33. The molecule has 0 saturated heterocycles. The molecule has 2 N–H and O–H groups in total. The van der Waals surface area contributed by atoms with Gasteiger partial charge in [0.05, 0.1) is 6.33 Å². The summed E-state index contributed by atoms with van der Waals surface area (Å²) in [6, 6.07) is 1.52. The average molecular weight is 177 g/mol. The van der Waals surface area contributed by atoms with Crippen molar-refractivity contribution < 1.29 is 0 Å². The number of aromatic amines is 1. The fourth-order valence-electron chi connectivity index (χ4n) is 0.928. The van der Waals surface area contributed by atoms with E-state index in [0.717, 1.165) is 0 Å². The lowest BCUT2D eigenvalue weighted by atomic mass is 10.2. The van der Waals surface area contributed by atoms with E-state index in [4.69, 9.17) is 6.42 Å². The molecule has 68 valence electrons. The van der Waals surface area contributed by atoms with E-state index in [1.165, 1.54) is 12.4 Å². The fraction of sp³-hybridized carbons (Fsp3) is 0.333. The molecule has 13 heavy (non-hydrogen) atoms. The van der Waals surface area contributed by atoms with Crippen molar-refractivity contribution in [2.45, 2.75) is 19.4 Å². The van der Waals surface area contributed by atoms with E-state index < -0.39 is 0 Å². The number of nitrogens with zero attached hydrogens (tertiary/aromatic N) is 1. The Morgan fingerprint density at radius 3 is 3.23 bits per heavy atom. The van der Waals surface area contributed by atoms with Crippen molar-refractivity contribution in [3.05, 3.63) is 22.7 Å². The van der Waals surface area contributed by atoms with E-state index in [-0.39, 0.29) is 11.6 Å². The van der Waals surface area contributed by atoms with Crippen LogP contribution in [0.4, 0.5) is 5.82 Å². The van der Waals surface area contributed by atoms with Crippen molar-refractivity contribution in [1.29, 1.82) is 0 Å². The second-order valence-electron chi connectivity index (χ2n) is 2.75. The highest BCUT2D eigenvalue weighted by atomic mass is 16.1. The van der Waals surface area contributed by atoms with Gasteiger partial charge in [-0.25, -0.2) is 4.98 Å². The molecule has 0 aromatic carbocycles. The van der Waals surface area contributed by atoms with Gasteiger partial charge in [-0.05, 0) is 6.92 Å². The van der Waals surface area contributed by atoms with Gasteiger partial charge in [0.15, 0.2) is 0 Å². The maximum Gasteiger partial charge on any atom is 0.252 e. The largest absolute Gasteiger partial charge is 0.366 e. The SMILES string of the molecule is C#CCC(C)Nc1cc(=O)[nH]cn1. The van der Waals surface area contributed by atoms with Gasteiger partial charge in [-0.3, -0.25) is 4.79 Å². The highest BCUT2D eigenvalue weighted by Crippen LogP contribution is 2.00. The summed E-state index contributed by atoms with van der Waals surface area (Å²) in [4.78, 5) is 17.2. The molecule has 1 aromatic rings. The Kier molecular flexibility index (Phi) is 3.09. The third-order valence-electron chi connectivity index (χ3n) is 1.50. The van der Waals surface area contributed by atoms with Crippen molar-refractivity contribution in [2.75, 3.05) is 5.32 Å². The third kappa shape index (κ3) is 2.99. The summed E-state index contributed by atoms with van der Waals surface area (Å²) in [5.41, 5.74) is -0.176. The lowest BCUT2D eigenvalue weighted by molar-refractivity contribution is 0.819. The van der Waals surface area contributed by atoms with Crippen molar-refractivity contribution >= 4 is 5.82 Å². The van der Waals surface area contributed by atoms with Crippen molar-refractivity contribution in [3.8, 4) is 12.3 Å². The number of hydrogen-bond acceptors (Lipinski definition) is 3. The number of rotatable bonds is 3. The number of terminal acetylenes is 1. The Bertz CT molecular complexity index is 364. The molecular formula is C9H11N3O. The van der Waals surface area contributed by atoms with Crippen LogP contribution in [0.2, 0.25) is 0 Å². The Balaban J connectivity index is 2.65. The number of aromatic nitrogens is 2. The Morgan fingerprint density at radius 2 is 2.62 bits per heavy atom. The van der Waals surface area contributed by atoms with E-state index in [1.807, 2.05) is 6.92 Å². The fourth-order valence-corrected chi connectivity index (χ4v) is 0.928. The van der Waals surface area contributed by atoms with Crippen LogP contribution in [0.3, 0.4) is 0 Å². The number of nitrogens with one attached hydrogen (secondary N) is 2. The standard InChI is InChI=1S/C9H11N3O/c1-3-4-7(2)12-8-5-9(13)11-6-10-8/h1,5-7H,4H2,2H3,(H2,10,11,12,13). The number of hydrogen-bond donors (Lipinski definition) is 2. The van der Waals surface area contributed by atoms with Crippen molar-refractivity contribution in [2.24, 2.45) is 0 Å². The first kappa shape index (κ1) is 9.33. The van der Waals surface area contributed by atoms with E-state index in [2.05, 4.69) is 21.2 Å². The molecule has 0 aliphatic rings. The van der Waals surface area contributed by atoms with Crippen LogP contribution in [0, 0.1) is 12.3 Å². The predicted octanol–water partition coefficient (Wildman–Crippen LogP) is 0.594. The van der Waals surface area contributed by atoms with Crippen LogP contribution >= 0.6 is 0 Å². The number of H-pyrrole nitrogens is 1. The van der Waals surface area contributed by atoms with E-state index >= 15 is 0 Å². The molecule has 0 amide bonds. The monoisotopic (exact) mass is 177 g/mol. The molecule has 4 nitrogen and oxygen atoms in total. The highest BCUT2D eigenvalue weighted by Gasteiger charge is 2.00. The summed E-state index contributed by atoms with van der Waals surface area (Å²) in [6.45, 7) is 1.93. The minimum absolute atomic E-state index is 0.124. The molecule has 1 heterocycles. The van der Waals surface area contributed by atoms with Crippen LogP contribution in [0.15, 0.2) is 17.2 Å². The maximum atomic E-state index is 10.9. The molecule has 1 rings (SSSR count). The first-order valence-corrected chi connectivity index (χ1v) is 3.97. The minimum Gasteiger partial charge on any atom is -0.366 e. The molecule has 4 heteroatoms. The Morgan fingerprint density at radius 1 is 1.85 bits per heavy atom. The topological polar surface area (TPSA) is 57.8 Å². The van der Waals surface area contributed by atoms with Gasteiger partial charge in [0.1, 0.15) is 5.82 Å². The van der Waals surface area contributed by atoms with Crippen LogP contribution < -0.4 is 10.9 Å². The van der Waals surface area contributed by atoms with Crippen molar-refractivity contribution in [1.82, 2.24) is 9.97 Å². The lowest BCUT2D eigenvalue weighted by Crippen LogP contribution is -2.17. The molecule has 0 aliphatic heterocycles. The van der Waals surface area contributed by atoms with Gasteiger partial charge in [-0.2, -0.15) is 0 Å². The summed E-state index contributed by atoms with van der Waals surface area (Å²) in [5, 5.41) is 3.01. The van der Waals surface area contributed by atoms with Crippen LogP contribution in [0.1, 0.15) is 13.3 Å². The lowest BCUT2D eigenvalue weighted by Gasteiger charge is -2.10. The van der Waals surface area contributed by atoms with Crippen LogP contribution in [-0.2, 0) is 0 Å². The molecule has 0 radical (unpaired) electrons. The van der Waals surface area contributed by atoms with Gasteiger partial charge >= 0.3 is 0 Å². The van der Waals surface area contributed by atoms with E-state index in [9.17, 15) is 4.79 Å². The van der Waals surface area contributed by atoms with Gasteiger partial charge in [-0.1, -0.05) is 0 Å². The maximum absolute atomic E-state index is 10.9. The first-order chi connectivity index (χ1) is 6.22. The molecule has 0 fully saturated rings. The zero-order valence-corrected chi connectivity index (χ0v) is 7.37. The van der Waals surface area contributed by atoms with Gasteiger partial charge in [0.25, 0.3) is 5.56 Å². The summed E-state index contributed by atoms with van der Waals surface area (Å²) >= 11 is 0. The summed E-state index contributed by atoms with van der Waals surface area (Å²) in [6.07, 6.45) is 7.09. The molecule has 0 saturated carbocycles. The van der Waals surface area contributed by atoms with E-state index in [1.54, 1.807) is 0 Å². The Labute approximate surface area is 76.4 Å². The first-order valence-electron chi connectivity index (χ1n) is 3.97. The van der Waals surface area contributed by atoms with Gasteiger partial charge in [-0.15, -0.1) is 12.3 Å². The van der Waals surface area contributed by atoms with E-state index in [0.29, 0.717) is 12.2 Å². The van der Waals surface area contributed by atoms with Gasteiger partial charge < -0.3 is 10.3 Å². The minimum atomic E-state index is -0.176. The van der Waals surface area contributed by atoms with Crippen LogP contribution in [0.25, 0.3) is 0 Å². The van der Waals surface area contributed by atoms with Crippen LogP contribution in [0.5, 0.6) is 0 Å². The normalized spacial score (nSPS) is 11.7. The molecular weight excluding hydrogens is 166 g/mol. The molecule has 1 atom stereocenters.